The zero-order chi connectivity index (χ0) is 15.6. The number of benzene rings is 1. The van der Waals surface area contributed by atoms with Crippen molar-refractivity contribution in [2.45, 2.75) is 50.1 Å². The van der Waals surface area contributed by atoms with E-state index in [1.165, 1.54) is 12.8 Å². The van der Waals surface area contributed by atoms with Gasteiger partial charge in [-0.2, -0.15) is 5.10 Å². The fourth-order valence-electron chi connectivity index (χ4n) is 2.94. The van der Waals surface area contributed by atoms with Crippen molar-refractivity contribution < 1.29 is 8.42 Å². The lowest BCUT2D eigenvalue weighted by Gasteiger charge is -2.08. The summed E-state index contributed by atoms with van der Waals surface area (Å²) in [5.74, 6) is 0. The molecule has 3 rings (SSSR count). The molecule has 0 aliphatic heterocycles. The Morgan fingerprint density at radius 3 is 2.59 bits per heavy atom. The standard InChI is InChI=1S/C16H21N3O2S/c1-13-16(12-19(18-13)15-9-5-6-10-15)22(20,21)17-11-14-7-3-2-4-8-14/h2-4,7-8,12,15,17H,5-6,9-11H2,1H3. The summed E-state index contributed by atoms with van der Waals surface area (Å²) in [5.41, 5.74) is 1.50. The maximum absolute atomic E-state index is 12.5. The van der Waals surface area contributed by atoms with Crippen molar-refractivity contribution >= 4 is 10.0 Å². The van der Waals surface area contributed by atoms with E-state index in [1.807, 2.05) is 35.0 Å². The van der Waals surface area contributed by atoms with E-state index < -0.39 is 10.0 Å². The van der Waals surface area contributed by atoms with Crippen molar-refractivity contribution in [2.75, 3.05) is 0 Å². The molecule has 1 aliphatic rings. The van der Waals surface area contributed by atoms with Crippen LogP contribution in [0.3, 0.4) is 0 Å². The van der Waals surface area contributed by atoms with Crippen molar-refractivity contribution in [1.82, 2.24) is 14.5 Å². The van der Waals surface area contributed by atoms with Crippen LogP contribution in [0.1, 0.15) is 43.0 Å². The average Bonchev–Trinajstić information content (AvgIpc) is 3.15. The van der Waals surface area contributed by atoms with Gasteiger partial charge >= 0.3 is 0 Å². The number of aromatic nitrogens is 2. The Hall–Kier alpha value is -1.66. The van der Waals surface area contributed by atoms with Crippen molar-refractivity contribution in [2.24, 2.45) is 0 Å². The molecule has 1 aromatic carbocycles. The van der Waals surface area contributed by atoms with Gasteiger partial charge in [0.25, 0.3) is 0 Å². The summed E-state index contributed by atoms with van der Waals surface area (Å²) < 4.78 is 29.5. The number of nitrogens with one attached hydrogen (secondary N) is 1. The summed E-state index contributed by atoms with van der Waals surface area (Å²) in [6.45, 7) is 2.04. The number of aryl methyl sites for hydroxylation is 1. The third kappa shape index (κ3) is 3.23. The molecule has 0 atom stereocenters. The number of rotatable bonds is 5. The van der Waals surface area contributed by atoms with E-state index in [0.29, 0.717) is 11.7 Å². The molecule has 1 fully saturated rings. The summed E-state index contributed by atoms with van der Waals surface area (Å²) in [5, 5.41) is 4.41. The minimum atomic E-state index is -3.53. The van der Waals surface area contributed by atoms with Crippen LogP contribution in [-0.4, -0.2) is 18.2 Å². The summed E-state index contributed by atoms with van der Waals surface area (Å²) in [6, 6.07) is 9.85. The topological polar surface area (TPSA) is 64.0 Å². The van der Waals surface area contributed by atoms with Crippen molar-refractivity contribution in [3.8, 4) is 0 Å². The number of hydrogen-bond donors (Lipinski definition) is 1. The molecule has 1 aliphatic carbocycles. The number of nitrogens with zero attached hydrogens (tertiary/aromatic N) is 2. The minimum Gasteiger partial charge on any atom is -0.268 e. The van der Waals surface area contributed by atoms with Crippen LogP contribution in [0.2, 0.25) is 0 Å². The molecular formula is C16H21N3O2S. The van der Waals surface area contributed by atoms with Crippen molar-refractivity contribution in [3.63, 3.8) is 0 Å². The molecule has 118 valence electrons. The van der Waals surface area contributed by atoms with Gasteiger partial charge in [-0.05, 0) is 25.3 Å². The van der Waals surface area contributed by atoms with Crippen molar-refractivity contribution in [3.05, 3.63) is 47.8 Å². The molecule has 6 heteroatoms. The molecule has 0 bridgehead atoms. The Morgan fingerprint density at radius 2 is 1.91 bits per heavy atom. The fourth-order valence-corrected chi connectivity index (χ4v) is 4.13. The second kappa shape index (κ2) is 6.22. The van der Waals surface area contributed by atoms with Crippen LogP contribution >= 0.6 is 0 Å². The predicted molar refractivity (Wildman–Crippen MR) is 84.9 cm³/mol. The lowest BCUT2D eigenvalue weighted by atomic mass is 10.2. The quantitative estimate of drug-likeness (QED) is 0.921. The van der Waals surface area contributed by atoms with Crippen LogP contribution < -0.4 is 4.72 Å². The Bertz CT molecular complexity index is 732. The third-order valence-electron chi connectivity index (χ3n) is 4.17. The van der Waals surface area contributed by atoms with Crippen LogP contribution in [0.5, 0.6) is 0 Å². The highest BCUT2D eigenvalue weighted by Gasteiger charge is 2.24. The number of hydrogen-bond acceptors (Lipinski definition) is 3. The molecule has 0 unspecified atom stereocenters. The molecular weight excluding hydrogens is 298 g/mol. The first-order valence-corrected chi connectivity index (χ1v) is 9.14. The summed E-state index contributed by atoms with van der Waals surface area (Å²) >= 11 is 0. The molecule has 1 aromatic heterocycles. The van der Waals surface area contributed by atoms with Gasteiger partial charge in [-0.15, -0.1) is 0 Å². The van der Waals surface area contributed by atoms with E-state index in [0.717, 1.165) is 18.4 Å². The monoisotopic (exact) mass is 319 g/mol. The first-order valence-electron chi connectivity index (χ1n) is 7.65. The molecule has 2 aromatic rings. The molecule has 0 spiro atoms. The largest absolute Gasteiger partial charge is 0.268 e. The second-order valence-electron chi connectivity index (χ2n) is 5.81. The Kier molecular flexibility index (Phi) is 4.31. The maximum atomic E-state index is 12.5. The number of sulfonamides is 1. The van der Waals surface area contributed by atoms with E-state index >= 15 is 0 Å². The van der Waals surface area contributed by atoms with Gasteiger partial charge in [0.15, 0.2) is 0 Å². The first-order chi connectivity index (χ1) is 10.6. The van der Waals surface area contributed by atoms with E-state index in [9.17, 15) is 8.42 Å². The molecule has 22 heavy (non-hydrogen) atoms. The van der Waals surface area contributed by atoms with Gasteiger partial charge in [-0.1, -0.05) is 43.2 Å². The Morgan fingerprint density at radius 1 is 1.23 bits per heavy atom. The predicted octanol–water partition coefficient (Wildman–Crippen LogP) is 2.79. The molecule has 0 saturated heterocycles. The zero-order valence-corrected chi connectivity index (χ0v) is 13.5. The van der Waals surface area contributed by atoms with Crippen LogP contribution in [0.4, 0.5) is 0 Å². The van der Waals surface area contributed by atoms with E-state index in [1.54, 1.807) is 13.1 Å². The minimum absolute atomic E-state index is 0.287. The molecule has 1 N–H and O–H groups in total. The highest BCUT2D eigenvalue weighted by atomic mass is 32.2. The van der Waals surface area contributed by atoms with Gasteiger partial charge in [0, 0.05) is 12.7 Å². The second-order valence-corrected chi connectivity index (χ2v) is 7.54. The van der Waals surface area contributed by atoms with Crippen LogP contribution in [0, 0.1) is 6.92 Å². The van der Waals surface area contributed by atoms with Gasteiger partial charge in [0.1, 0.15) is 4.90 Å². The van der Waals surface area contributed by atoms with E-state index in [2.05, 4.69) is 9.82 Å². The molecule has 1 saturated carbocycles. The van der Waals surface area contributed by atoms with Crippen LogP contribution in [0.25, 0.3) is 0 Å². The Balaban J connectivity index is 1.77. The van der Waals surface area contributed by atoms with Crippen LogP contribution in [0.15, 0.2) is 41.4 Å². The SMILES string of the molecule is Cc1nn(C2CCCC2)cc1S(=O)(=O)NCc1ccccc1. The summed E-state index contributed by atoms with van der Waals surface area (Å²) in [7, 11) is -3.53. The van der Waals surface area contributed by atoms with Gasteiger partial charge in [0.05, 0.1) is 11.7 Å². The third-order valence-corrected chi connectivity index (χ3v) is 5.67. The smallest absolute Gasteiger partial charge is 0.244 e. The summed E-state index contributed by atoms with van der Waals surface area (Å²) in [4.78, 5) is 0.287. The highest BCUT2D eigenvalue weighted by molar-refractivity contribution is 7.89. The average molecular weight is 319 g/mol. The van der Waals surface area contributed by atoms with Crippen molar-refractivity contribution in [1.29, 1.82) is 0 Å². The highest BCUT2D eigenvalue weighted by Crippen LogP contribution is 2.30. The zero-order valence-electron chi connectivity index (χ0n) is 12.7. The first kappa shape index (κ1) is 15.2. The van der Waals surface area contributed by atoms with Gasteiger partial charge < -0.3 is 0 Å². The van der Waals surface area contributed by atoms with E-state index in [-0.39, 0.29) is 11.4 Å². The normalized spacial score (nSPS) is 16.2. The van der Waals surface area contributed by atoms with Gasteiger partial charge in [-0.3, -0.25) is 4.68 Å². The fraction of sp³-hybridized carbons (Fsp3) is 0.438. The van der Waals surface area contributed by atoms with Gasteiger partial charge in [0.2, 0.25) is 10.0 Å². The molecule has 1 heterocycles. The molecule has 5 nitrogen and oxygen atoms in total. The lowest BCUT2D eigenvalue weighted by Crippen LogP contribution is -2.23. The molecule has 0 radical (unpaired) electrons. The molecule has 0 amide bonds. The lowest BCUT2D eigenvalue weighted by molar-refractivity contribution is 0.464. The van der Waals surface area contributed by atoms with Crippen LogP contribution in [-0.2, 0) is 16.6 Å². The maximum Gasteiger partial charge on any atom is 0.244 e. The summed E-state index contributed by atoms with van der Waals surface area (Å²) in [6.07, 6.45) is 6.23. The van der Waals surface area contributed by atoms with Gasteiger partial charge in [-0.25, -0.2) is 13.1 Å². The Labute approximate surface area is 131 Å². The van der Waals surface area contributed by atoms with E-state index in [4.69, 9.17) is 0 Å².